The van der Waals surface area contributed by atoms with Crippen molar-refractivity contribution in [1.82, 2.24) is 4.98 Å². The fraction of sp³-hybridized carbons (Fsp3) is 0.120. The van der Waals surface area contributed by atoms with Gasteiger partial charge in [0.2, 0.25) is 5.52 Å². The molecule has 4 rings (SSSR count). The Morgan fingerprint density at radius 1 is 0.879 bits per heavy atom. The van der Waals surface area contributed by atoms with Crippen molar-refractivity contribution in [3.8, 4) is 11.5 Å². The third kappa shape index (κ3) is 4.31. The van der Waals surface area contributed by atoms with Crippen LogP contribution in [0.2, 0.25) is 0 Å². The standard InChI is InChI=1S/C25H20N2O6/c1-31-21-13-12-17(14-22(21)32-2)25(29)33-15-19-23(24(28)16-8-4-3-5-9-16)27(30)20-11-7-6-10-18(20)26-19/h3-14H,15H2,1-2H3. The van der Waals surface area contributed by atoms with Crippen molar-refractivity contribution >= 4 is 22.8 Å². The number of para-hydroxylation sites is 2. The molecule has 0 unspecified atom stereocenters. The fourth-order valence-electron chi connectivity index (χ4n) is 3.40. The molecule has 33 heavy (non-hydrogen) atoms. The lowest BCUT2D eigenvalue weighted by atomic mass is 10.1. The Bertz CT molecular complexity index is 1340. The van der Waals surface area contributed by atoms with E-state index in [-0.39, 0.29) is 29.1 Å². The molecule has 4 aromatic rings. The summed E-state index contributed by atoms with van der Waals surface area (Å²) in [5, 5.41) is 13.1. The van der Waals surface area contributed by atoms with E-state index in [1.165, 1.54) is 26.4 Å². The summed E-state index contributed by atoms with van der Waals surface area (Å²) < 4.78 is 16.3. The average Bonchev–Trinajstić information content (AvgIpc) is 2.87. The lowest BCUT2D eigenvalue weighted by Crippen LogP contribution is -2.38. The van der Waals surface area contributed by atoms with E-state index in [0.717, 1.165) is 0 Å². The first kappa shape index (κ1) is 21.8. The van der Waals surface area contributed by atoms with Crippen molar-refractivity contribution in [2.45, 2.75) is 6.61 Å². The molecule has 8 heteroatoms. The van der Waals surface area contributed by atoms with E-state index in [1.54, 1.807) is 60.7 Å². The Morgan fingerprint density at radius 3 is 2.30 bits per heavy atom. The van der Waals surface area contributed by atoms with E-state index < -0.39 is 11.8 Å². The molecular formula is C25H20N2O6. The van der Waals surface area contributed by atoms with Gasteiger partial charge < -0.3 is 19.4 Å². The largest absolute Gasteiger partial charge is 0.618 e. The van der Waals surface area contributed by atoms with Crippen LogP contribution in [0.15, 0.2) is 72.8 Å². The number of carbonyl (C=O) groups excluding carboxylic acids is 2. The number of hydrogen-bond donors (Lipinski definition) is 0. The molecule has 1 aromatic heterocycles. The van der Waals surface area contributed by atoms with Gasteiger partial charge in [-0.15, -0.1) is 0 Å². The van der Waals surface area contributed by atoms with Gasteiger partial charge in [-0.1, -0.05) is 42.5 Å². The highest BCUT2D eigenvalue weighted by atomic mass is 16.5. The van der Waals surface area contributed by atoms with Crippen LogP contribution in [0, 0.1) is 5.21 Å². The summed E-state index contributed by atoms with van der Waals surface area (Å²) in [6, 6.07) is 19.6. The van der Waals surface area contributed by atoms with E-state index in [1.807, 2.05) is 0 Å². The monoisotopic (exact) mass is 444 g/mol. The first-order valence-electron chi connectivity index (χ1n) is 10.0. The number of aromatic nitrogens is 2. The van der Waals surface area contributed by atoms with Crippen molar-refractivity contribution in [3.05, 3.63) is 101 Å². The summed E-state index contributed by atoms with van der Waals surface area (Å²) in [5.74, 6) is -0.344. The third-order valence-electron chi connectivity index (χ3n) is 5.04. The van der Waals surface area contributed by atoms with E-state index in [2.05, 4.69) is 4.98 Å². The molecule has 166 valence electrons. The number of methoxy groups -OCH3 is 2. The van der Waals surface area contributed by atoms with Crippen LogP contribution in [-0.2, 0) is 11.3 Å². The molecule has 0 saturated carbocycles. The van der Waals surface area contributed by atoms with Gasteiger partial charge in [0.05, 0.1) is 19.8 Å². The highest BCUT2D eigenvalue weighted by Gasteiger charge is 2.28. The number of fused-ring (bicyclic) bond motifs is 1. The van der Waals surface area contributed by atoms with Gasteiger partial charge in [-0.05, 0) is 24.3 Å². The maximum Gasteiger partial charge on any atom is 0.338 e. The fourth-order valence-corrected chi connectivity index (χ4v) is 3.40. The van der Waals surface area contributed by atoms with Gasteiger partial charge in [-0.25, -0.2) is 9.78 Å². The summed E-state index contributed by atoms with van der Waals surface area (Å²) in [7, 11) is 2.95. The number of ether oxygens (including phenoxy) is 3. The molecule has 3 aromatic carbocycles. The van der Waals surface area contributed by atoms with Crippen LogP contribution in [-0.4, -0.2) is 31.0 Å². The van der Waals surface area contributed by atoms with E-state index >= 15 is 0 Å². The summed E-state index contributed by atoms with van der Waals surface area (Å²) in [5.41, 5.74) is 1.04. The summed E-state index contributed by atoms with van der Waals surface area (Å²) in [6.07, 6.45) is 0. The molecule has 0 aliphatic carbocycles. The molecule has 0 N–H and O–H groups in total. The normalized spacial score (nSPS) is 10.6. The van der Waals surface area contributed by atoms with Crippen molar-refractivity contribution in [3.63, 3.8) is 0 Å². The van der Waals surface area contributed by atoms with Crippen molar-refractivity contribution in [2.75, 3.05) is 14.2 Å². The van der Waals surface area contributed by atoms with Crippen LogP contribution < -0.4 is 14.2 Å². The zero-order chi connectivity index (χ0) is 23.4. The topological polar surface area (TPSA) is 102 Å². The molecule has 0 radical (unpaired) electrons. The number of hydrogen-bond acceptors (Lipinski definition) is 7. The number of benzene rings is 3. The molecule has 0 aliphatic rings. The molecule has 8 nitrogen and oxygen atoms in total. The molecule has 0 amide bonds. The quantitative estimate of drug-likeness (QED) is 0.186. The van der Waals surface area contributed by atoms with E-state index in [9.17, 15) is 14.8 Å². The number of rotatable bonds is 7. The summed E-state index contributed by atoms with van der Waals surface area (Å²) >= 11 is 0. The van der Waals surface area contributed by atoms with Crippen LogP contribution in [0.1, 0.15) is 32.1 Å². The first-order valence-corrected chi connectivity index (χ1v) is 10.0. The minimum Gasteiger partial charge on any atom is -0.618 e. The average molecular weight is 444 g/mol. The molecule has 0 aliphatic heterocycles. The minimum atomic E-state index is -0.665. The maximum absolute atomic E-state index is 13.2. The number of carbonyl (C=O) groups is 2. The summed E-state index contributed by atoms with van der Waals surface area (Å²) in [6.45, 7) is -0.367. The number of ketones is 1. The molecule has 0 spiro atoms. The van der Waals surface area contributed by atoms with E-state index in [0.29, 0.717) is 27.3 Å². The SMILES string of the molecule is COc1ccc(C(=O)OCc2nc3ccccc3[n+]([O-])c2C(=O)c2ccccc2)cc1OC. The van der Waals surface area contributed by atoms with Crippen LogP contribution in [0.25, 0.3) is 11.0 Å². The Morgan fingerprint density at radius 2 is 1.58 bits per heavy atom. The van der Waals surface area contributed by atoms with Gasteiger partial charge in [0.1, 0.15) is 12.1 Å². The van der Waals surface area contributed by atoms with Gasteiger partial charge in [0.15, 0.2) is 17.2 Å². The van der Waals surface area contributed by atoms with Gasteiger partial charge in [-0.2, -0.15) is 4.73 Å². The molecule has 0 fully saturated rings. The van der Waals surface area contributed by atoms with Crippen LogP contribution >= 0.6 is 0 Å². The zero-order valence-electron chi connectivity index (χ0n) is 18.0. The van der Waals surface area contributed by atoms with Gasteiger partial charge in [0, 0.05) is 11.6 Å². The lowest BCUT2D eigenvalue weighted by molar-refractivity contribution is -0.580. The molecule has 1 heterocycles. The molecule has 0 atom stereocenters. The van der Waals surface area contributed by atoms with Crippen LogP contribution in [0.5, 0.6) is 11.5 Å². The van der Waals surface area contributed by atoms with Crippen molar-refractivity contribution in [2.24, 2.45) is 0 Å². The van der Waals surface area contributed by atoms with Gasteiger partial charge >= 0.3 is 5.97 Å². The maximum atomic E-state index is 13.2. The van der Waals surface area contributed by atoms with Crippen molar-refractivity contribution in [1.29, 1.82) is 0 Å². The second-order valence-electron chi connectivity index (χ2n) is 7.03. The first-order chi connectivity index (χ1) is 16.0. The predicted octanol–water partition coefficient (Wildman–Crippen LogP) is 3.47. The molecule has 0 saturated heterocycles. The van der Waals surface area contributed by atoms with Gasteiger partial charge in [0.25, 0.3) is 11.5 Å². The van der Waals surface area contributed by atoms with Crippen LogP contribution in [0.3, 0.4) is 0 Å². The number of nitrogens with zero attached hydrogens (tertiary/aromatic N) is 2. The molecular weight excluding hydrogens is 424 g/mol. The van der Waals surface area contributed by atoms with Crippen molar-refractivity contribution < 1.29 is 28.5 Å². The zero-order valence-corrected chi connectivity index (χ0v) is 18.0. The Hall–Kier alpha value is -4.46. The lowest BCUT2D eigenvalue weighted by Gasteiger charge is -2.12. The third-order valence-corrected chi connectivity index (χ3v) is 5.04. The molecule has 0 bridgehead atoms. The second kappa shape index (κ2) is 9.35. The predicted molar refractivity (Wildman–Crippen MR) is 119 cm³/mol. The minimum absolute atomic E-state index is 0.0615. The Labute approximate surface area is 189 Å². The summed E-state index contributed by atoms with van der Waals surface area (Å²) in [4.78, 5) is 30.3. The van der Waals surface area contributed by atoms with Gasteiger partial charge in [-0.3, -0.25) is 4.79 Å². The van der Waals surface area contributed by atoms with E-state index in [4.69, 9.17) is 14.2 Å². The number of esters is 1. The smallest absolute Gasteiger partial charge is 0.338 e. The van der Waals surface area contributed by atoms with Crippen LogP contribution in [0.4, 0.5) is 0 Å². The Balaban J connectivity index is 1.70. The highest BCUT2D eigenvalue weighted by Crippen LogP contribution is 2.28. The second-order valence-corrected chi connectivity index (χ2v) is 7.03. The Kier molecular flexibility index (Phi) is 6.17. The highest BCUT2D eigenvalue weighted by molar-refractivity contribution is 6.07.